The van der Waals surface area contributed by atoms with Crippen LogP contribution in [-0.4, -0.2) is 19.5 Å². The highest BCUT2D eigenvalue weighted by Crippen LogP contribution is 2.38. The number of aromatic nitrogens is 4. The highest BCUT2D eigenvalue weighted by molar-refractivity contribution is 6.34. The minimum absolute atomic E-state index is 0.152. The number of pyridine rings is 1. The Morgan fingerprint density at radius 3 is 2.52 bits per heavy atom. The Labute approximate surface area is 122 Å². The molecule has 3 rings (SSSR count). The van der Waals surface area contributed by atoms with Gasteiger partial charge in [0.1, 0.15) is 17.1 Å². The van der Waals surface area contributed by atoms with Crippen LogP contribution in [0.1, 0.15) is 11.1 Å². The lowest BCUT2D eigenvalue weighted by molar-refractivity contribution is -0.136. The molecule has 0 aliphatic carbocycles. The summed E-state index contributed by atoms with van der Waals surface area (Å²) in [7, 11) is 0. The summed E-state index contributed by atoms with van der Waals surface area (Å²) in [5, 5.41) is -0.387. The van der Waals surface area contributed by atoms with E-state index in [-0.39, 0.29) is 22.7 Å². The van der Waals surface area contributed by atoms with Crippen LogP contribution in [0, 0.1) is 0 Å². The molecule has 21 heavy (non-hydrogen) atoms. The van der Waals surface area contributed by atoms with E-state index < -0.39 is 11.7 Å². The molecule has 0 unspecified atom stereocenters. The van der Waals surface area contributed by atoms with E-state index >= 15 is 0 Å². The van der Waals surface area contributed by atoms with Crippen molar-refractivity contribution in [3.8, 4) is 0 Å². The second-order valence-corrected chi connectivity index (χ2v) is 4.74. The van der Waals surface area contributed by atoms with Crippen LogP contribution in [0.5, 0.6) is 0 Å². The van der Waals surface area contributed by atoms with E-state index in [9.17, 15) is 13.2 Å². The molecule has 3 aromatic heterocycles. The molecule has 8 heteroatoms. The zero-order valence-corrected chi connectivity index (χ0v) is 11.2. The number of alkyl halides is 3. The average Bonchev–Trinajstić information content (AvgIpc) is 2.80. The highest BCUT2D eigenvalue weighted by Gasteiger charge is 2.36. The van der Waals surface area contributed by atoms with Gasteiger partial charge in [0.05, 0.1) is 10.9 Å². The van der Waals surface area contributed by atoms with Crippen LogP contribution >= 0.6 is 11.6 Å². The molecule has 0 N–H and O–H groups in total. The molecule has 3 aromatic rings. The fourth-order valence-corrected chi connectivity index (χ4v) is 2.34. The van der Waals surface area contributed by atoms with Gasteiger partial charge in [-0.25, -0.2) is 9.97 Å². The molecule has 0 saturated heterocycles. The molecule has 0 radical (unpaired) electrons. The number of hydrogen-bond acceptors (Lipinski definition) is 3. The van der Waals surface area contributed by atoms with Crippen molar-refractivity contribution in [1.82, 2.24) is 19.5 Å². The number of halogens is 4. The average molecular weight is 313 g/mol. The van der Waals surface area contributed by atoms with Gasteiger partial charge < -0.3 is 4.57 Å². The Bertz CT molecular complexity index is 783. The van der Waals surface area contributed by atoms with Crippen molar-refractivity contribution in [3.05, 3.63) is 53.3 Å². The monoisotopic (exact) mass is 312 g/mol. The van der Waals surface area contributed by atoms with Crippen molar-refractivity contribution in [3.63, 3.8) is 0 Å². The van der Waals surface area contributed by atoms with E-state index in [0.717, 1.165) is 18.1 Å². The first kappa shape index (κ1) is 13.8. The van der Waals surface area contributed by atoms with Crippen LogP contribution < -0.4 is 0 Å². The van der Waals surface area contributed by atoms with Gasteiger partial charge >= 0.3 is 6.18 Å². The molecular weight excluding hydrogens is 305 g/mol. The summed E-state index contributed by atoms with van der Waals surface area (Å²) in [5.74, 6) is 0. The molecule has 0 atom stereocenters. The molecule has 0 bridgehead atoms. The minimum atomic E-state index is -4.52. The number of nitrogens with zero attached hydrogens (tertiary/aromatic N) is 4. The summed E-state index contributed by atoms with van der Waals surface area (Å²) in [4.78, 5) is 11.4. The van der Waals surface area contributed by atoms with Crippen LogP contribution in [0.3, 0.4) is 0 Å². The van der Waals surface area contributed by atoms with Crippen LogP contribution in [0.25, 0.3) is 11.0 Å². The van der Waals surface area contributed by atoms with Crippen molar-refractivity contribution in [2.24, 2.45) is 0 Å². The van der Waals surface area contributed by atoms with Gasteiger partial charge in [-0.15, -0.1) is 0 Å². The molecule has 108 valence electrons. The minimum Gasteiger partial charge on any atom is -0.327 e. The van der Waals surface area contributed by atoms with Gasteiger partial charge in [0.15, 0.2) is 0 Å². The molecule has 3 heterocycles. The van der Waals surface area contributed by atoms with E-state index in [0.29, 0.717) is 0 Å². The van der Waals surface area contributed by atoms with Gasteiger partial charge in [0, 0.05) is 25.1 Å². The summed E-state index contributed by atoms with van der Waals surface area (Å²) >= 11 is 5.81. The van der Waals surface area contributed by atoms with Crippen molar-refractivity contribution in [2.45, 2.75) is 12.7 Å². The van der Waals surface area contributed by atoms with Gasteiger partial charge in [-0.3, -0.25) is 4.98 Å². The first-order valence-corrected chi connectivity index (χ1v) is 6.30. The molecule has 0 amide bonds. The van der Waals surface area contributed by atoms with Crippen molar-refractivity contribution in [2.75, 3.05) is 0 Å². The maximum absolute atomic E-state index is 13.1. The third-order valence-corrected chi connectivity index (χ3v) is 3.30. The number of fused-ring (bicyclic) bond motifs is 1. The fraction of sp³-hybridized carbons (Fsp3) is 0.154. The lowest BCUT2D eigenvalue weighted by Crippen LogP contribution is -2.04. The molecular formula is C13H8ClF3N4. The Balaban J connectivity index is 2.18. The summed E-state index contributed by atoms with van der Waals surface area (Å²) in [6.45, 7) is 0.239. The first-order chi connectivity index (χ1) is 9.97. The highest BCUT2D eigenvalue weighted by atomic mass is 35.5. The summed E-state index contributed by atoms with van der Waals surface area (Å²) in [6, 6.07) is 3.45. The molecule has 4 nitrogen and oxygen atoms in total. The Hall–Kier alpha value is -2.15. The zero-order chi connectivity index (χ0) is 15.0. The molecule has 0 fully saturated rings. The Kier molecular flexibility index (Phi) is 3.29. The van der Waals surface area contributed by atoms with E-state index in [1.807, 2.05) is 0 Å². The predicted octanol–water partition coefficient (Wildman–Crippen LogP) is 3.55. The molecule has 0 aliphatic rings. The van der Waals surface area contributed by atoms with Gasteiger partial charge in [-0.2, -0.15) is 13.2 Å². The second-order valence-electron chi connectivity index (χ2n) is 4.39. The van der Waals surface area contributed by atoms with Crippen molar-refractivity contribution < 1.29 is 13.2 Å². The normalized spacial score (nSPS) is 12.0. The lowest BCUT2D eigenvalue weighted by Gasteiger charge is -2.04. The second kappa shape index (κ2) is 5.00. The molecule has 0 saturated carbocycles. The van der Waals surface area contributed by atoms with E-state index in [4.69, 9.17) is 11.6 Å². The third-order valence-electron chi connectivity index (χ3n) is 3.02. The van der Waals surface area contributed by atoms with Gasteiger partial charge in [-0.05, 0) is 17.7 Å². The smallest absolute Gasteiger partial charge is 0.327 e. The molecule has 0 aliphatic heterocycles. The number of rotatable bonds is 2. The SMILES string of the molecule is FC(F)(F)c1cn(Cc2ccncc2)c2ncnc(Cl)c12. The van der Waals surface area contributed by atoms with E-state index in [1.165, 1.54) is 4.57 Å². The summed E-state index contributed by atoms with van der Waals surface area (Å²) < 4.78 is 40.7. The van der Waals surface area contributed by atoms with Gasteiger partial charge in [0.2, 0.25) is 0 Å². The fourth-order valence-electron chi connectivity index (χ4n) is 2.11. The van der Waals surface area contributed by atoms with E-state index in [2.05, 4.69) is 15.0 Å². The largest absolute Gasteiger partial charge is 0.418 e. The molecule has 0 spiro atoms. The van der Waals surface area contributed by atoms with Crippen LogP contribution in [0.15, 0.2) is 37.1 Å². The van der Waals surface area contributed by atoms with Crippen LogP contribution in [-0.2, 0) is 12.7 Å². The van der Waals surface area contributed by atoms with Crippen LogP contribution in [0.2, 0.25) is 5.15 Å². The maximum atomic E-state index is 13.1. The topological polar surface area (TPSA) is 43.6 Å². The predicted molar refractivity (Wildman–Crippen MR) is 70.9 cm³/mol. The van der Waals surface area contributed by atoms with Crippen molar-refractivity contribution in [1.29, 1.82) is 0 Å². The lowest BCUT2D eigenvalue weighted by atomic mass is 10.2. The third kappa shape index (κ3) is 2.56. The van der Waals surface area contributed by atoms with Crippen molar-refractivity contribution >= 4 is 22.6 Å². The summed E-state index contributed by atoms with van der Waals surface area (Å²) in [6.07, 6.45) is 0.789. The van der Waals surface area contributed by atoms with E-state index in [1.54, 1.807) is 24.5 Å². The van der Waals surface area contributed by atoms with Gasteiger partial charge in [0.25, 0.3) is 0 Å². The maximum Gasteiger partial charge on any atom is 0.418 e. The first-order valence-electron chi connectivity index (χ1n) is 5.92. The molecule has 0 aromatic carbocycles. The summed E-state index contributed by atoms with van der Waals surface area (Å²) in [5.41, 5.74) is 0.127. The Morgan fingerprint density at radius 2 is 1.86 bits per heavy atom. The standard InChI is InChI=1S/C13H8ClF3N4/c14-11-10-9(13(15,16)17)6-21(12(10)20-7-19-11)5-8-1-3-18-4-2-8/h1-4,6-7H,5H2. The van der Waals surface area contributed by atoms with Crippen LogP contribution in [0.4, 0.5) is 13.2 Å². The number of hydrogen-bond donors (Lipinski definition) is 0. The quantitative estimate of drug-likeness (QED) is 0.680. The van der Waals surface area contributed by atoms with Gasteiger partial charge in [-0.1, -0.05) is 11.6 Å². The zero-order valence-electron chi connectivity index (χ0n) is 10.5. The Morgan fingerprint density at radius 1 is 1.14 bits per heavy atom.